The third-order valence-electron chi connectivity index (χ3n) is 4.05. The van der Waals surface area contributed by atoms with Crippen molar-refractivity contribution in [1.29, 1.82) is 5.26 Å². The molecule has 2 rings (SSSR count). The van der Waals surface area contributed by atoms with E-state index in [-0.39, 0.29) is 22.3 Å². The van der Waals surface area contributed by atoms with Crippen molar-refractivity contribution in [2.45, 2.75) is 23.3 Å². The molecule has 0 atom stereocenters. The Labute approximate surface area is 183 Å². The molecule has 0 radical (unpaired) electrons. The van der Waals surface area contributed by atoms with Crippen molar-refractivity contribution in [3.63, 3.8) is 0 Å². The maximum absolute atomic E-state index is 12.8. The highest BCUT2D eigenvalue weighted by atomic mass is 32.2. The minimum Gasteiger partial charge on any atom is -0.326 e. The Morgan fingerprint density at radius 3 is 2.58 bits per heavy atom. The van der Waals surface area contributed by atoms with Gasteiger partial charge in [0.2, 0.25) is 15.8 Å². The number of hydrogen-bond acceptors (Lipinski definition) is 4. The highest BCUT2D eigenvalue weighted by molar-refractivity contribution is 7.91. The molecule has 2 aromatic rings. The largest absolute Gasteiger partial charge is 0.326 e. The Morgan fingerprint density at radius 1 is 1.23 bits per heavy atom. The highest BCUT2D eigenvalue weighted by Crippen LogP contribution is 2.22. The first kappa shape index (κ1) is 23.2. The van der Waals surface area contributed by atoms with Crippen LogP contribution in [0.15, 0.2) is 99.9 Å². The van der Waals surface area contributed by atoms with Crippen molar-refractivity contribution in [1.82, 2.24) is 10.6 Å². The standard InChI is InChI=1S/C24H22N4O2S/c1-4-8-21(9-5-2)28-24(27-18-25)26-17-20-12-14-22(15-13-20)31(29,30)23-11-7-10-19(6-3)16-23/h3-5,7-16H,1,17H2,2H3,(H2,26,27,28)/b9-5-,21-8+. The van der Waals surface area contributed by atoms with Crippen molar-refractivity contribution in [3.05, 3.63) is 96.2 Å². The molecule has 0 aromatic heterocycles. The van der Waals surface area contributed by atoms with Gasteiger partial charge in [-0.05, 0) is 55.0 Å². The van der Waals surface area contributed by atoms with Gasteiger partial charge in [0, 0.05) is 11.3 Å². The lowest BCUT2D eigenvalue weighted by Gasteiger charge is -2.09. The number of benzene rings is 2. The summed E-state index contributed by atoms with van der Waals surface area (Å²) in [6, 6.07) is 12.7. The Balaban J connectivity index is 2.22. The molecule has 0 spiro atoms. The topological polar surface area (TPSA) is 94.3 Å². The normalized spacial score (nSPS) is 12.1. The van der Waals surface area contributed by atoms with Crippen LogP contribution in [0.2, 0.25) is 0 Å². The van der Waals surface area contributed by atoms with Crippen LogP contribution < -0.4 is 10.6 Å². The van der Waals surface area contributed by atoms with Gasteiger partial charge in [-0.2, -0.15) is 5.26 Å². The number of nitrogens with one attached hydrogen (secondary N) is 2. The molecule has 2 N–H and O–H groups in total. The van der Waals surface area contributed by atoms with Gasteiger partial charge in [0.15, 0.2) is 6.19 Å². The Kier molecular flexibility index (Phi) is 8.39. The van der Waals surface area contributed by atoms with E-state index in [1.54, 1.807) is 36.4 Å². The first-order chi connectivity index (χ1) is 14.9. The first-order valence-corrected chi connectivity index (χ1v) is 10.8. The number of nitrogens with zero attached hydrogens (tertiary/aromatic N) is 2. The third kappa shape index (κ3) is 6.46. The second-order valence-corrected chi connectivity index (χ2v) is 8.15. The van der Waals surface area contributed by atoms with Gasteiger partial charge in [-0.1, -0.05) is 42.9 Å². The van der Waals surface area contributed by atoms with Crippen LogP contribution in [0.5, 0.6) is 0 Å². The van der Waals surface area contributed by atoms with E-state index < -0.39 is 9.84 Å². The number of sulfone groups is 1. The number of allylic oxidation sites excluding steroid dienone is 4. The average Bonchev–Trinajstić information content (AvgIpc) is 2.78. The maximum Gasteiger partial charge on any atom is 0.209 e. The molecular weight excluding hydrogens is 408 g/mol. The zero-order chi connectivity index (χ0) is 22.7. The number of hydrogen-bond donors (Lipinski definition) is 2. The lowest BCUT2D eigenvalue weighted by Crippen LogP contribution is -2.33. The number of guanidine groups is 1. The van der Waals surface area contributed by atoms with E-state index in [1.807, 2.05) is 25.3 Å². The number of rotatable bonds is 7. The van der Waals surface area contributed by atoms with Crippen molar-refractivity contribution in [2.75, 3.05) is 0 Å². The summed E-state index contributed by atoms with van der Waals surface area (Å²) in [6.45, 7) is 5.76. The van der Waals surface area contributed by atoms with Crippen molar-refractivity contribution in [3.8, 4) is 18.5 Å². The molecule has 0 amide bonds. The van der Waals surface area contributed by atoms with E-state index in [4.69, 9.17) is 11.7 Å². The fraction of sp³-hybridized carbons (Fsp3) is 0.0833. The zero-order valence-electron chi connectivity index (χ0n) is 17.0. The molecule has 0 saturated heterocycles. The van der Waals surface area contributed by atoms with Crippen LogP contribution in [-0.4, -0.2) is 14.4 Å². The third-order valence-corrected chi connectivity index (χ3v) is 5.81. The second-order valence-electron chi connectivity index (χ2n) is 6.20. The van der Waals surface area contributed by atoms with Crippen LogP contribution in [0.4, 0.5) is 0 Å². The maximum atomic E-state index is 12.8. The van der Waals surface area contributed by atoms with E-state index in [1.165, 1.54) is 24.3 Å². The molecule has 0 aliphatic carbocycles. The lowest BCUT2D eigenvalue weighted by atomic mass is 10.2. The monoisotopic (exact) mass is 430 g/mol. The number of nitriles is 1. The average molecular weight is 431 g/mol. The predicted molar refractivity (Wildman–Crippen MR) is 122 cm³/mol. The summed E-state index contributed by atoms with van der Waals surface area (Å²) in [6.07, 6.45) is 14.2. The van der Waals surface area contributed by atoms with E-state index >= 15 is 0 Å². The van der Waals surface area contributed by atoms with Crippen LogP contribution >= 0.6 is 0 Å². The fourth-order valence-electron chi connectivity index (χ4n) is 2.58. The van der Waals surface area contributed by atoms with Gasteiger partial charge in [0.1, 0.15) is 0 Å². The van der Waals surface area contributed by atoms with Crippen molar-refractivity contribution < 1.29 is 8.42 Å². The molecule has 0 fully saturated rings. The molecule has 0 aliphatic rings. The highest BCUT2D eigenvalue weighted by Gasteiger charge is 2.17. The first-order valence-electron chi connectivity index (χ1n) is 9.27. The lowest BCUT2D eigenvalue weighted by molar-refractivity contribution is 0.596. The molecule has 0 saturated carbocycles. The number of aliphatic imine (C=N–C) groups is 1. The summed E-state index contributed by atoms with van der Waals surface area (Å²) in [4.78, 5) is 4.65. The van der Waals surface area contributed by atoms with Crippen molar-refractivity contribution in [2.24, 2.45) is 4.99 Å². The van der Waals surface area contributed by atoms with E-state index in [9.17, 15) is 8.42 Å². The Hall–Kier alpha value is -4.07. The summed E-state index contributed by atoms with van der Waals surface area (Å²) in [5, 5.41) is 14.5. The molecular formula is C24H22N4O2S. The summed E-state index contributed by atoms with van der Waals surface area (Å²) in [5.74, 6) is 2.70. The Morgan fingerprint density at radius 2 is 1.97 bits per heavy atom. The van der Waals surface area contributed by atoms with E-state index in [0.29, 0.717) is 11.3 Å². The molecule has 0 aliphatic heterocycles. The second kappa shape index (κ2) is 11.2. The zero-order valence-corrected chi connectivity index (χ0v) is 17.9. The summed E-state index contributed by atoms with van der Waals surface area (Å²) in [5.41, 5.74) is 1.98. The predicted octanol–water partition coefficient (Wildman–Crippen LogP) is 3.66. The Bertz CT molecular complexity index is 1210. The van der Waals surface area contributed by atoms with Gasteiger partial charge in [0.05, 0.1) is 16.3 Å². The minimum absolute atomic E-state index is 0.143. The molecule has 0 unspecified atom stereocenters. The van der Waals surface area contributed by atoms with Crippen LogP contribution in [0.25, 0.3) is 0 Å². The van der Waals surface area contributed by atoms with Gasteiger partial charge < -0.3 is 5.32 Å². The van der Waals surface area contributed by atoms with E-state index in [0.717, 1.165) is 5.56 Å². The van der Waals surface area contributed by atoms with Gasteiger partial charge in [-0.3, -0.25) is 5.32 Å². The molecule has 0 bridgehead atoms. The van der Waals surface area contributed by atoms with Gasteiger partial charge in [0.25, 0.3) is 0 Å². The van der Waals surface area contributed by atoms with E-state index in [2.05, 4.69) is 28.1 Å². The van der Waals surface area contributed by atoms with Crippen LogP contribution in [0, 0.1) is 23.8 Å². The molecule has 6 nitrogen and oxygen atoms in total. The molecule has 31 heavy (non-hydrogen) atoms. The van der Waals surface area contributed by atoms with Gasteiger partial charge in [-0.15, -0.1) is 6.42 Å². The quantitative estimate of drug-likeness (QED) is 0.175. The molecule has 2 aromatic carbocycles. The summed E-state index contributed by atoms with van der Waals surface area (Å²) < 4.78 is 25.7. The SMILES string of the molecule is C#Cc1cccc(S(=O)(=O)c2ccc(CN=C(NC#N)NC(/C=C\C)=C/C=C)cc2)c1. The van der Waals surface area contributed by atoms with Crippen LogP contribution in [0.3, 0.4) is 0 Å². The van der Waals surface area contributed by atoms with Crippen LogP contribution in [-0.2, 0) is 16.4 Å². The van der Waals surface area contributed by atoms with Crippen molar-refractivity contribution >= 4 is 15.8 Å². The summed E-state index contributed by atoms with van der Waals surface area (Å²) >= 11 is 0. The number of terminal acetylenes is 1. The molecule has 156 valence electrons. The van der Waals surface area contributed by atoms with Gasteiger partial charge in [-0.25, -0.2) is 13.4 Å². The smallest absolute Gasteiger partial charge is 0.209 e. The molecule has 7 heteroatoms. The molecule has 0 heterocycles. The summed E-state index contributed by atoms with van der Waals surface area (Å²) in [7, 11) is -3.68. The fourth-order valence-corrected chi connectivity index (χ4v) is 3.89. The minimum atomic E-state index is -3.68. The van der Waals surface area contributed by atoms with Crippen LogP contribution in [0.1, 0.15) is 18.1 Å². The van der Waals surface area contributed by atoms with Gasteiger partial charge >= 0.3 is 0 Å².